The number of aromatic amines is 1. The molecule has 0 aliphatic heterocycles. The van der Waals surface area contributed by atoms with Crippen LogP contribution in [-0.4, -0.2) is 24.2 Å². The molecule has 1 N–H and O–H groups in total. The summed E-state index contributed by atoms with van der Waals surface area (Å²) in [5.41, 5.74) is 0.650. The Bertz CT molecular complexity index is 648. The largest absolute Gasteiger partial charge is 0.494 e. The van der Waals surface area contributed by atoms with E-state index in [9.17, 15) is 9.59 Å². The molecule has 2 rings (SSSR count). The van der Waals surface area contributed by atoms with Crippen molar-refractivity contribution >= 4 is 16.9 Å². The Morgan fingerprint density at radius 3 is 2.90 bits per heavy atom. The number of H-pyrrole nitrogens is 1. The van der Waals surface area contributed by atoms with Gasteiger partial charge in [-0.1, -0.05) is 0 Å². The second-order valence-corrected chi connectivity index (χ2v) is 4.33. The first-order valence-corrected chi connectivity index (χ1v) is 6.60. The molecular formula is C15H17NO4. The van der Waals surface area contributed by atoms with Crippen LogP contribution in [0, 0.1) is 0 Å². The number of benzene rings is 1. The number of pyridine rings is 1. The molecule has 106 valence electrons. The van der Waals surface area contributed by atoms with E-state index in [-0.39, 0.29) is 11.5 Å². The van der Waals surface area contributed by atoms with Crippen molar-refractivity contribution in [3.8, 4) is 5.75 Å². The zero-order chi connectivity index (χ0) is 14.4. The van der Waals surface area contributed by atoms with Gasteiger partial charge in [-0.25, -0.2) is 0 Å². The molecule has 0 aliphatic rings. The molecule has 5 nitrogen and oxygen atoms in total. The van der Waals surface area contributed by atoms with Crippen LogP contribution in [0.2, 0.25) is 0 Å². The minimum absolute atomic E-state index is 0.124. The normalized spacial score (nSPS) is 10.4. The maximum Gasteiger partial charge on any atom is 0.305 e. The third-order valence-electron chi connectivity index (χ3n) is 2.79. The fourth-order valence-electron chi connectivity index (χ4n) is 1.86. The van der Waals surface area contributed by atoms with E-state index in [0.717, 1.165) is 10.9 Å². The molecule has 0 saturated carbocycles. The monoisotopic (exact) mass is 275 g/mol. The van der Waals surface area contributed by atoms with E-state index >= 15 is 0 Å². The Morgan fingerprint density at radius 1 is 1.25 bits per heavy atom. The van der Waals surface area contributed by atoms with Crippen molar-refractivity contribution in [2.75, 3.05) is 13.2 Å². The molecule has 0 atom stereocenters. The maximum atomic E-state index is 11.2. The number of carbonyl (C=O) groups excluding carboxylic acids is 1. The van der Waals surface area contributed by atoms with Gasteiger partial charge in [-0.2, -0.15) is 0 Å². The molecule has 0 unspecified atom stereocenters. The van der Waals surface area contributed by atoms with Crippen molar-refractivity contribution < 1.29 is 14.3 Å². The van der Waals surface area contributed by atoms with Gasteiger partial charge in [0.1, 0.15) is 5.75 Å². The number of hydrogen-bond donors (Lipinski definition) is 1. The highest BCUT2D eigenvalue weighted by Crippen LogP contribution is 2.18. The molecule has 20 heavy (non-hydrogen) atoms. The summed E-state index contributed by atoms with van der Waals surface area (Å²) in [6.07, 6.45) is 0.969. The Labute approximate surface area is 116 Å². The molecule has 0 bridgehead atoms. The lowest BCUT2D eigenvalue weighted by Crippen LogP contribution is -2.07. The number of fused-ring (bicyclic) bond motifs is 1. The molecular weight excluding hydrogens is 258 g/mol. The minimum Gasteiger partial charge on any atom is -0.494 e. The molecule has 5 heteroatoms. The van der Waals surface area contributed by atoms with Gasteiger partial charge >= 0.3 is 5.97 Å². The fraction of sp³-hybridized carbons (Fsp3) is 0.333. The third-order valence-corrected chi connectivity index (χ3v) is 2.79. The van der Waals surface area contributed by atoms with Gasteiger partial charge in [0, 0.05) is 23.4 Å². The van der Waals surface area contributed by atoms with Crippen LogP contribution in [0.4, 0.5) is 0 Å². The van der Waals surface area contributed by atoms with Crippen molar-refractivity contribution in [3.05, 3.63) is 40.7 Å². The molecule has 1 heterocycles. The van der Waals surface area contributed by atoms with E-state index in [4.69, 9.17) is 9.47 Å². The zero-order valence-corrected chi connectivity index (χ0v) is 11.3. The second kappa shape index (κ2) is 6.75. The van der Waals surface area contributed by atoms with E-state index in [0.29, 0.717) is 31.8 Å². The van der Waals surface area contributed by atoms with Crippen LogP contribution >= 0.6 is 0 Å². The SMILES string of the molecule is CCOC(=O)CCCOc1ccc2[nH]c(=O)ccc2c1. The number of carbonyl (C=O) groups is 1. The number of aromatic nitrogens is 1. The van der Waals surface area contributed by atoms with Gasteiger partial charge in [0.25, 0.3) is 0 Å². The summed E-state index contributed by atoms with van der Waals surface area (Å²) < 4.78 is 10.4. The zero-order valence-electron chi connectivity index (χ0n) is 11.3. The number of ether oxygens (including phenoxy) is 2. The lowest BCUT2D eigenvalue weighted by molar-refractivity contribution is -0.143. The smallest absolute Gasteiger partial charge is 0.305 e. The summed E-state index contributed by atoms with van der Waals surface area (Å²) in [5.74, 6) is 0.514. The highest BCUT2D eigenvalue weighted by atomic mass is 16.5. The molecule has 1 aromatic carbocycles. The summed E-state index contributed by atoms with van der Waals surface area (Å²) in [7, 11) is 0. The molecule has 0 saturated heterocycles. The second-order valence-electron chi connectivity index (χ2n) is 4.33. The third kappa shape index (κ3) is 3.85. The van der Waals surface area contributed by atoms with E-state index < -0.39 is 0 Å². The van der Waals surface area contributed by atoms with Gasteiger partial charge in [0.15, 0.2) is 0 Å². The highest BCUT2D eigenvalue weighted by molar-refractivity contribution is 5.79. The van der Waals surface area contributed by atoms with Crippen LogP contribution < -0.4 is 10.3 Å². The molecule has 0 radical (unpaired) electrons. The van der Waals surface area contributed by atoms with Crippen LogP contribution in [0.5, 0.6) is 5.75 Å². The van der Waals surface area contributed by atoms with Gasteiger partial charge in [-0.15, -0.1) is 0 Å². The average molecular weight is 275 g/mol. The van der Waals surface area contributed by atoms with Gasteiger partial charge in [-0.3, -0.25) is 9.59 Å². The van der Waals surface area contributed by atoms with Crippen molar-refractivity contribution in [2.24, 2.45) is 0 Å². The predicted molar refractivity (Wildman–Crippen MR) is 75.9 cm³/mol. The van der Waals surface area contributed by atoms with Crippen LogP contribution in [0.1, 0.15) is 19.8 Å². The van der Waals surface area contributed by atoms with E-state index in [1.165, 1.54) is 6.07 Å². The number of esters is 1. The molecule has 0 fully saturated rings. The van der Waals surface area contributed by atoms with Crippen molar-refractivity contribution in [2.45, 2.75) is 19.8 Å². The summed E-state index contributed by atoms with van der Waals surface area (Å²) in [6, 6.07) is 8.68. The lowest BCUT2D eigenvalue weighted by Gasteiger charge is -2.07. The van der Waals surface area contributed by atoms with E-state index in [2.05, 4.69) is 4.98 Å². The summed E-state index contributed by atoms with van der Waals surface area (Å²) in [6.45, 7) is 2.64. The standard InChI is InChI=1S/C15H17NO4/c1-2-19-15(18)4-3-9-20-12-6-7-13-11(10-12)5-8-14(17)16-13/h5-8,10H,2-4,9H2,1H3,(H,16,17). The average Bonchev–Trinajstić information content (AvgIpc) is 2.44. The van der Waals surface area contributed by atoms with Crippen LogP contribution in [0.25, 0.3) is 10.9 Å². The van der Waals surface area contributed by atoms with Gasteiger partial charge < -0.3 is 14.5 Å². The Morgan fingerprint density at radius 2 is 2.10 bits per heavy atom. The van der Waals surface area contributed by atoms with Crippen LogP contribution in [0.15, 0.2) is 35.1 Å². The summed E-state index contributed by atoms with van der Waals surface area (Å²) >= 11 is 0. The lowest BCUT2D eigenvalue weighted by atomic mass is 10.2. The van der Waals surface area contributed by atoms with E-state index in [1.807, 2.05) is 6.07 Å². The quantitative estimate of drug-likeness (QED) is 0.648. The Balaban J connectivity index is 1.89. The first-order valence-electron chi connectivity index (χ1n) is 6.60. The summed E-state index contributed by atoms with van der Waals surface area (Å²) in [4.78, 5) is 25.1. The first-order chi connectivity index (χ1) is 9.69. The molecule has 0 aliphatic carbocycles. The van der Waals surface area contributed by atoms with Gasteiger partial charge in [0.2, 0.25) is 5.56 Å². The number of nitrogens with one attached hydrogen (secondary N) is 1. The van der Waals surface area contributed by atoms with Crippen molar-refractivity contribution in [1.82, 2.24) is 4.98 Å². The molecule has 2 aromatic rings. The molecule has 0 spiro atoms. The molecule has 1 aromatic heterocycles. The fourth-order valence-corrected chi connectivity index (χ4v) is 1.86. The minimum atomic E-state index is -0.202. The van der Waals surface area contributed by atoms with Gasteiger partial charge in [0.05, 0.1) is 13.2 Å². The topological polar surface area (TPSA) is 68.4 Å². The Kier molecular flexibility index (Phi) is 4.76. The van der Waals surface area contributed by atoms with Crippen molar-refractivity contribution in [3.63, 3.8) is 0 Å². The maximum absolute atomic E-state index is 11.2. The summed E-state index contributed by atoms with van der Waals surface area (Å²) in [5, 5.41) is 0.910. The number of hydrogen-bond acceptors (Lipinski definition) is 4. The van der Waals surface area contributed by atoms with Crippen molar-refractivity contribution in [1.29, 1.82) is 0 Å². The Hall–Kier alpha value is -2.30. The predicted octanol–water partition coefficient (Wildman–Crippen LogP) is 2.25. The van der Waals surface area contributed by atoms with Crippen LogP contribution in [-0.2, 0) is 9.53 Å². The molecule has 0 amide bonds. The number of rotatable bonds is 6. The van der Waals surface area contributed by atoms with E-state index in [1.54, 1.807) is 25.1 Å². The van der Waals surface area contributed by atoms with Crippen LogP contribution in [0.3, 0.4) is 0 Å². The highest BCUT2D eigenvalue weighted by Gasteiger charge is 2.02. The first kappa shape index (κ1) is 14.1. The van der Waals surface area contributed by atoms with Gasteiger partial charge in [-0.05, 0) is 37.6 Å².